The molecule has 4 rings (SSSR count). The maximum absolute atomic E-state index is 13.0. The number of hydrogen-bond donors (Lipinski definition) is 1. The van der Waals surface area contributed by atoms with Crippen molar-refractivity contribution in [2.75, 3.05) is 10.8 Å². The summed E-state index contributed by atoms with van der Waals surface area (Å²) in [5, 5.41) is 0. The van der Waals surface area contributed by atoms with Crippen molar-refractivity contribution < 1.29 is 8.42 Å². The molecule has 5 nitrogen and oxygen atoms in total. The maximum Gasteiger partial charge on any atom is 0.264 e. The minimum Gasteiger partial charge on any atom is -0.345 e. The molecule has 0 amide bonds. The van der Waals surface area contributed by atoms with Crippen LogP contribution >= 0.6 is 0 Å². The second-order valence-corrected chi connectivity index (χ2v) is 7.25. The predicted molar refractivity (Wildman–Crippen MR) is 85.4 cm³/mol. The van der Waals surface area contributed by atoms with Crippen LogP contribution in [-0.2, 0) is 16.4 Å². The molecule has 1 aromatic heterocycles. The Balaban J connectivity index is 1.84. The van der Waals surface area contributed by atoms with Gasteiger partial charge in [-0.15, -0.1) is 0 Å². The van der Waals surface area contributed by atoms with Crippen molar-refractivity contribution in [3.63, 3.8) is 0 Å². The van der Waals surface area contributed by atoms with Crippen molar-refractivity contribution in [3.8, 4) is 0 Å². The fraction of sp³-hybridized carbons (Fsp3) is 0.188. The van der Waals surface area contributed by atoms with Gasteiger partial charge in [-0.25, -0.2) is 13.4 Å². The molecule has 22 heavy (non-hydrogen) atoms. The Bertz CT molecular complexity index is 947. The van der Waals surface area contributed by atoms with E-state index >= 15 is 0 Å². The molecule has 2 heterocycles. The van der Waals surface area contributed by atoms with Crippen molar-refractivity contribution in [2.24, 2.45) is 0 Å². The molecule has 0 spiro atoms. The zero-order valence-electron chi connectivity index (χ0n) is 11.9. The molecule has 6 heteroatoms. The van der Waals surface area contributed by atoms with Gasteiger partial charge in [0.2, 0.25) is 0 Å². The molecule has 0 saturated carbocycles. The van der Waals surface area contributed by atoms with E-state index < -0.39 is 10.0 Å². The number of nitrogens with one attached hydrogen (secondary N) is 1. The second kappa shape index (κ2) is 4.84. The first kappa shape index (κ1) is 13.3. The summed E-state index contributed by atoms with van der Waals surface area (Å²) in [6.45, 7) is 0.514. The summed E-state index contributed by atoms with van der Waals surface area (Å²) < 4.78 is 27.5. The highest BCUT2D eigenvalue weighted by atomic mass is 32.2. The third-order valence-corrected chi connectivity index (χ3v) is 5.86. The van der Waals surface area contributed by atoms with Gasteiger partial charge in [0.25, 0.3) is 10.0 Å². The van der Waals surface area contributed by atoms with E-state index in [4.69, 9.17) is 0 Å². The fourth-order valence-corrected chi connectivity index (χ4v) is 4.52. The number of nitrogens with zero attached hydrogens (tertiary/aromatic N) is 2. The topological polar surface area (TPSA) is 66.1 Å². The minimum atomic E-state index is -3.56. The number of anilines is 1. The van der Waals surface area contributed by atoms with E-state index in [0.717, 1.165) is 35.1 Å². The number of H-pyrrole nitrogens is 1. The Hall–Kier alpha value is -2.34. The van der Waals surface area contributed by atoms with Crippen LogP contribution in [0.25, 0.3) is 11.0 Å². The van der Waals surface area contributed by atoms with Crippen molar-refractivity contribution in [1.82, 2.24) is 9.97 Å². The van der Waals surface area contributed by atoms with Crippen LogP contribution in [0.5, 0.6) is 0 Å². The summed E-state index contributed by atoms with van der Waals surface area (Å²) in [5.41, 5.74) is 3.36. The Kier molecular flexibility index (Phi) is 2.94. The number of hydrogen-bond acceptors (Lipinski definition) is 3. The lowest BCUT2D eigenvalue weighted by Crippen LogP contribution is -2.35. The first-order chi connectivity index (χ1) is 10.7. The van der Waals surface area contributed by atoms with Crippen LogP contribution in [0, 0.1) is 0 Å². The smallest absolute Gasteiger partial charge is 0.264 e. The number of imidazole rings is 1. The lowest BCUT2D eigenvalue weighted by atomic mass is 10.0. The number of fused-ring (bicyclic) bond motifs is 2. The van der Waals surface area contributed by atoms with E-state index in [1.165, 1.54) is 4.31 Å². The largest absolute Gasteiger partial charge is 0.345 e. The van der Waals surface area contributed by atoms with Gasteiger partial charge in [-0.2, -0.15) is 0 Å². The summed E-state index contributed by atoms with van der Waals surface area (Å²) in [6.07, 6.45) is 3.32. The van der Waals surface area contributed by atoms with E-state index in [0.29, 0.717) is 11.4 Å². The number of sulfonamides is 1. The highest BCUT2D eigenvalue weighted by Gasteiger charge is 2.29. The molecule has 112 valence electrons. The summed E-state index contributed by atoms with van der Waals surface area (Å²) >= 11 is 0. The van der Waals surface area contributed by atoms with Crippen molar-refractivity contribution in [2.45, 2.75) is 17.7 Å². The molecular weight excluding hydrogens is 298 g/mol. The third-order valence-electron chi connectivity index (χ3n) is 4.05. The number of para-hydroxylation sites is 1. The molecule has 3 aromatic rings. The van der Waals surface area contributed by atoms with Crippen LogP contribution in [-0.4, -0.2) is 24.9 Å². The minimum absolute atomic E-state index is 0.293. The van der Waals surface area contributed by atoms with Gasteiger partial charge in [0.05, 0.1) is 27.9 Å². The zero-order chi connectivity index (χ0) is 15.2. The average molecular weight is 313 g/mol. The molecule has 1 aliphatic heterocycles. The highest BCUT2D eigenvalue weighted by molar-refractivity contribution is 7.92. The van der Waals surface area contributed by atoms with Gasteiger partial charge in [-0.3, -0.25) is 4.31 Å². The Morgan fingerprint density at radius 2 is 2.00 bits per heavy atom. The van der Waals surface area contributed by atoms with Gasteiger partial charge < -0.3 is 4.98 Å². The SMILES string of the molecule is O=S(=O)(c1ccc2nc[nH]c2c1)N1CCCc2ccccc21. The van der Waals surface area contributed by atoms with Crippen molar-refractivity contribution in [1.29, 1.82) is 0 Å². The summed E-state index contributed by atoms with van der Waals surface area (Å²) in [6, 6.07) is 12.7. The lowest BCUT2D eigenvalue weighted by molar-refractivity contribution is 0.586. The van der Waals surface area contributed by atoms with Crippen LogP contribution in [0.2, 0.25) is 0 Å². The quantitative estimate of drug-likeness (QED) is 0.791. The highest BCUT2D eigenvalue weighted by Crippen LogP contribution is 2.32. The molecular formula is C16H15N3O2S. The standard InChI is InChI=1S/C16H15N3O2S/c20-22(21,13-7-8-14-15(10-13)18-11-17-14)19-9-3-5-12-4-1-2-6-16(12)19/h1-2,4,6-8,10-11H,3,5,9H2,(H,17,18). The van der Waals surface area contributed by atoms with Gasteiger partial charge in [0.1, 0.15) is 0 Å². The summed E-state index contributed by atoms with van der Waals surface area (Å²) in [7, 11) is -3.56. The Morgan fingerprint density at radius 1 is 1.14 bits per heavy atom. The van der Waals surface area contributed by atoms with Crippen LogP contribution in [0.3, 0.4) is 0 Å². The number of aromatic nitrogens is 2. The maximum atomic E-state index is 13.0. The van der Waals surface area contributed by atoms with Gasteiger partial charge >= 0.3 is 0 Å². The van der Waals surface area contributed by atoms with Gasteiger partial charge in [-0.05, 0) is 42.7 Å². The van der Waals surface area contributed by atoms with E-state index in [2.05, 4.69) is 9.97 Å². The van der Waals surface area contributed by atoms with Crippen molar-refractivity contribution in [3.05, 3.63) is 54.4 Å². The number of aryl methyl sites for hydroxylation is 1. The lowest BCUT2D eigenvalue weighted by Gasteiger charge is -2.30. The first-order valence-electron chi connectivity index (χ1n) is 7.20. The van der Waals surface area contributed by atoms with Crippen molar-refractivity contribution >= 4 is 26.7 Å². The average Bonchev–Trinajstić information content (AvgIpc) is 3.02. The molecule has 0 atom stereocenters. The molecule has 0 aliphatic carbocycles. The van der Waals surface area contributed by atoms with Gasteiger partial charge in [0, 0.05) is 6.54 Å². The van der Waals surface area contributed by atoms with E-state index in [-0.39, 0.29) is 0 Å². The number of rotatable bonds is 2. The Morgan fingerprint density at radius 3 is 2.91 bits per heavy atom. The van der Waals surface area contributed by atoms with E-state index in [1.807, 2.05) is 24.3 Å². The third kappa shape index (κ3) is 1.99. The van der Waals surface area contributed by atoms with Crippen LogP contribution in [0.4, 0.5) is 5.69 Å². The summed E-state index contributed by atoms with van der Waals surface area (Å²) in [5.74, 6) is 0. The fourth-order valence-electron chi connectivity index (χ4n) is 2.95. The predicted octanol–water partition coefficient (Wildman–Crippen LogP) is 2.70. The van der Waals surface area contributed by atoms with E-state index in [1.54, 1.807) is 24.5 Å². The molecule has 0 saturated heterocycles. The number of benzene rings is 2. The van der Waals surface area contributed by atoms with E-state index in [9.17, 15) is 8.42 Å². The molecule has 0 bridgehead atoms. The number of aromatic amines is 1. The Labute approximate surface area is 128 Å². The van der Waals surface area contributed by atoms with Crippen LogP contribution in [0.15, 0.2) is 53.7 Å². The molecule has 0 fully saturated rings. The normalized spacial score (nSPS) is 15.0. The molecule has 2 aromatic carbocycles. The molecule has 0 radical (unpaired) electrons. The molecule has 1 N–H and O–H groups in total. The summed E-state index contributed by atoms with van der Waals surface area (Å²) in [4.78, 5) is 7.38. The molecule has 0 unspecified atom stereocenters. The molecule has 1 aliphatic rings. The second-order valence-electron chi connectivity index (χ2n) is 5.39. The monoisotopic (exact) mass is 313 g/mol. The van der Waals surface area contributed by atoms with Gasteiger partial charge in [-0.1, -0.05) is 18.2 Å². The first-order valence-corrected chi connectivity index (χ1v) is 8.64. The zero-order valence-corrected chi connectivity index (χ0v) is 12.7. The van der Waals surface area contributed by atoms with Gasteiger partial charge in [0.15, 0.2) is 0 Å². The van der Waals surface area contributed by atoms with Crippen LogP contribution in [0.1, 0.15) is 12.0 Å². The van der Waals surface area contributed by atoms with Crippen LogP contribution < -0.4 is 4.31 Å².